The summed E-state index contributed by atoms with van der Waals surface area (Å²) in [7, 11) is 0. The fourth-order valence-corrected chi connectivity index (χ4v) is 4.67. The van der Waals surface area contributed by atoms with E-state index < -0.39 is 0 Å². The van der Waals surface area contributed by atoms with Crippen molar-refractivity contribution < 1.29 is 9.36 Å². The van der Waals surface area contributed by atoms with Gasteiger partial charge in [-0.3, -0.25) is 5.32 Å². The molecule has 34 heavy (non-hydrogen) atoms. The molecule has 1 aliphatic rings. The van der Waals surface area contributed by atoms with Gasteiger partial charge in [-0.15, -0.1) is 0 Å². The quantitative estimate of drug-likeness (QED) is 0.368. The highest BCUT2D eigenvalue weighted by Crippen LogP contribution is 2.25. The Hall–Kier alpha value is -4.31. The van der Waals surface area contributed by atoms with Crippen molar-refractivity contribution in [1.82, 2.24) is 4.98 Å². The van der Waals surface area contributed by atoms with Crippen molar-refractivity contribution >= 4 is 22.5 Å². The Balaban J connectivity index is 1.37. The zero-order chi connectivity index (χ0) is 22.9. The Bertz CT molecular complexity index is 1500. The Morgan fingerprint density at radius 1 is 0.765 bits per heavy atom. The van der Waals surface area contributed by atoms with E-state index in [1.165, 1.54) is 10.8 Å². The second-order valence-electron chi connectivity index (χ2n) is 8.74. The van der Waals surface area contributed by atoms with Gasteiger partial charge in [-0.25, -0.2) is 9.78 Å². The normalized spacial score (nSPS) is 14.7. The second kappa shape index (κ2) is 8.56. The number of hydrogen-bond donors (Lipinski definition) is 1. The number of rotatable bonds is 5. The maximum absolute atomic E-state index is 13.5. The summed E-state index contributed by atoms with van der Waals surface area (Å²) < 4.78 is 1.76. The first-order chi connectivity index (χ1) is 16.7. The van der Waals surface area contributed by atoms with E-state index in [1.807, 2.05) is 66.9 Å². The molecular weight excluding hydrogens is 418 g/mol. The number of carbonyl (C=O) groups excluding carboxylic acids is 1. The van der Waals surface area contributed by atoms with Crippen LogP contribution in [0.5, 0.6) is 0 Å². The van der Waals surface area contributed by atoms with Crippen molar-refractivity contribution in [2.45, 2.75) is 18.9 Å². The third-order valence-electron chi connectivity index (χ3n) is 6.41. The molecule has 0 aliphatic carbocycles. The Labute approximate surface area is 198 Å². The van der Waals surface area contributed by atoms with E-state index >= 15 is 0 Å². The van der Waals surface area contributed by atoms with Gasteiger partial charge in [0, 0.05) is 18.4 Å². The smallest absolute Gasteiger partial charge is 0.258 e. The summed E-state index contributed by atoms with van der Waals surface area (Å²) in [6.45, 7) is 0. The minimum Gasteiger partial charge on any atom is -0.258 e. The van der Waals surface area contributed by atoms with Gasteiger partial charge >= 0.3 is 11.7 Å². The van der Waals surface area contributed by atoms with E-state index in [4.69, 9.17) is 4.98 Å². The number of nitrogens with one attached hydrogen (secondary N) is 1. The van der Waals surface area contributed by atoms with Gasteiger partial charge in [0.05, 0.1) is 0 Å². The van der Waals surface area contributed by atoms with Crippen molar-refractivity contribution in [3.8, 4) is 11.3 Å². The molecule has 1 aliphatic heterocycles. The highest BCUT2D eigenvalue weighted by molar-refractivity contribution is 5.85. The summed E-state index contributed by atoms with van der Waals surface area (Å²) in [5.41, 5.74) is 4.98. The van der Waals surface area contributed by atoms with Gasteiger partial charge < -0.3 is 0 Å². The predicted octanol–water partition coefficient (Wildman–Crippen LogP) is 5.46. The third kappa shape index (κ3) is 3.84. The molecule has 2 heterocycles. The van der Waals surface area contributed by atoms with Crippen LogP contribution in [-0.4, -0.2) is 16.9 Å². The SMILES string of the molecule is O=C1C(Cc2ccc3ccccc3c2)Nc2c(Cc3ccccc3)nc(-c3ccccc3)c[n+]21. The molecule has 0 bridgehead atoms. The molecule has 0 radical (unpaired) electrons. The van der Waals surface area contributed by atoms with Crippen LogP contribution >= 0.6 is 0 Å². The lowest BCUT2D eigenvalue weighted by molar-refractivity contribution is -0.552. The largest absolute Gasteiger partial charge is 0.359 e. The van der Waals surface area contributed by atoms with Crippen molar-refractivity contribution in [2.24, 2.45) is 0 Å². The molecule has 0 spiro atoms. The first-order valence-electron chi connectivity index (χ1n) is 11.6. The van der Waals surface area contributed by atoms with Crippen molar-refractivity contribution in [1.29, 1.82) is 0 Å². The van der Waals surface area contributed by atoms with Crippen molar-refractivity contribution in [3.05, 3.63) is 126 Å². The lowest BCUT2D eigenvalue weighted by atomic mass is 10.0. The van der Waals surface area contributed by atoms with Crippen LogP contribution in [0.3, 0.4) is 0 Å². The third-order valence-corrected chi connectivity index (χ3v) is 6.41. The molecule has 5 aromatic rings. The molecule has 4 nitrogen and oxygen atoms in total. The van der Waals surface area contributed by atoms with E-state index in [1.54, 1.807) is 4.57 Å². The minimum atomic E-state index is -0.330. The van der Waals surface area contributed by atoms with Gasteiger partial charge in [-0.1, -0.05) is 103 Å². The maximum atomic E-state index is 13.5. The number of benzene rings is 4. The summed E-state index contributed by atoms with van der Waals surface area (Å²) >= 11 is 0. The number of nitrogens with zero attached hydrogens (tertiary/aromatic N) is 2. The summed E-state index contributed by atoms with van der Waals surface area (Å²) in [4.78, 5) is 18.5. The monoisotopic (exact) mass is 442 g/mol. The average molecular weight is 443 g/mol. The number of fused-ring (bicyclic) bond motifs is 2. The highest BCUT2D eigenvalue weighted by atomic mass is 16.2. The van der Waals surface area contributed by atoms with Gasteiger partial charge in [-0.2, -0.15) is 4.57 Å². The van der Waals surface area contributed by atoms with Gasteiger partial charge in [0.15, 0.2) is 6.04 Å². The van der Waals surface area contributed by atoms with Crippen LogP contribution < -0.4 is 9.88 Å². The second-order valence-corrected chi connectivity index (χ2v) is 8.74. The van der Waals surface area contributed by atoms with Crippen molar-refractivity contribution in [3.63, 3.8) is 0 Å². The van der Waals surface area contributed by atoms with E-state index in [0.717, 1.165) is 33.9 Å². The number of aromatic nitrogens is 2. The topological polar surface area (TPSA) is 45.9 Å². The molecule has 0 saturated carbocycles. The van der Waals surface area contributed by atoms with E-state index in [2.05, 4.69) is 47.8 Å². The maximum Gasteiger partial charge on any atom is 0.359 e. The molecule has 4 heteroatoms. The molecule has 4 aromatic carbocycles. The molecule has 1 unspecified atom stereocenters. The van der Waals surface area contributed by atoms with Gasteiger partial charge in [-0.05, 0) is 21.9 Å². The molecule has 0 fully saturated rings. The molecule has 164 valence electrons. The number of anilines is 1. The fraction of sp³-hybridized carbons (Fsp3) is 0.100. The zero-order valence-corrected chi connectivity index (χ0v) is 18.7. The molecule has 1 aromatic heterocycles. The van der Waals surface area contributed by atoms with Crippen LogP contribution in [-0.2, 0) is 12.8 Å². The molecule has 0 amide bonds. The number of carbonyl (C=O) groups is 1. The number of hydrogen-bond acceptors (Lipinski definition) is 3. The molecular formula is C30H24N3O+. The first kappa shape index (κ1) is 20.3. The van der Waals surface area contributed by atoms with Gasteiger partial charge in [0.1, 0.15) is 17.6 Å². The first-order valence-corrected chi connectivity index (χ1v) is 11.6. The van der Waals surface area contributed by atoms with Crippen LogP contribution in [0, 0.1) is 0 Å². The molecule has 6 rings (SSSR count). The van der Waals surface area contributed by atoms with E-state index in [0.29, 0.717) is 12.8 Å². The lowest BCUT2D eigenvalue weighted by Gasteiger charge is -2.07. The summed E-state index contributed by atoms with van der Waals surface area (Å²) in [5, 5.41) is 5.89. The van der Waals surface area contributed by atoms with Gasteiger partial charge in [0.2, 0.25) is 0 Å². The van der Waals surface area contributed by atoms with E-state index in [-0.39, 0.29) is 11.9 Å². The van der Waals surface area contributed by atoms with Crippen LogP contribution in [0.1, 0.15) is 21.6 Å². The molecule has 1 N–H and O–H groups in total. The lowest BCUT2D eigenvalue weighted by Crippen LogP contribution is -2.44. The van der Waals surface area contributed by atoms with Crippen LogP contribution in [0.4, 0.5) is 5.82 Å². The predicted molar refractivity (Wildman–Crippen MR) is 135 cm³/mol. The Morgan fingerprint density at radius 2 is 1.47 bits per heavy atom. The summed E-state index contributed by atoms with van der Waals surface area (Å²) in [6, 6.07) is 34.7. The summed E-state index contributed by atoms with van der Waals surface area (Å²) in [5.74, 6) is 0.844. The molecule has 1 atom stereocenters. The van der Waals surface area contributed by atoms with Crippen LogP contribution in [0.15, 0.2) is 109 Å². The van der Waals surface area contributed by atoms with Crippen LogP contribution in [0.2, 0.25) is 0 Å². The Kier molecular flexibility index (Phi) is 5.11. The standard InChI is InChI=1S/C30H23N3O/c34-30-27(19-22-15-16-23-11-7-8-14-25(23)17-22)32-29-26(18-21-9-3-1-4-10-21)31-28(20-33(29)30)24-12-5-2-6-13-24/h1-17,20,27H,18-19H2/p+1. The van der Waals surface area contributed by atoms with E-state index in [9.17, 15) is 4.79 Å². The van der Waals surface area contributed by atoms with Gasteiger partial charge in [0.25, 0.3) is 0 Å². The van der Waals surface area contributed by atoms with Crippen LogP contribution in [0.25, 0.3) is 22.0 Å². The Morgan fingerprint density at radius 3 is 2.26 bits per heavy atom. The molecule has 0 saturated heterocycles. The average Bonchev–Trinajstić information content (AvgIpc) is 3.20. The minimum absolute atomic E-state index is 0.0528. The van der Waals surface area contributed by atoms with Crippen molar-refractivity contribution in [2.75, 3.05) is 5.32 Å². The highest BCUT2D eigenvalue weighted by Gasteiger charge is 2.41. The zero-order valence-electron chi connectivity index (χ0n) is 18.7. The fourth-order valence-electron chi connectivity index (χ4n) is 4.67. The summed E-state index contributed by atoms with van der Waals surface area (Å²) in [6.07, 6.45) is 3.14.